The van der Waals surface area contributed by atoms with Gasteiger partial charge in [-0.05, 0) is 12.0 Å². The van der Waals surface area contributed by atoms with E-state index in [9.17, 15) is 15.3 Å². The Bertz CT molecular complexity index is 357. The molecule has 1 aliphatic rings. The van der Waals surface area contributed by atoms with E-state index in [2.05, 4.69) is 4.90 Å². The molecule has 0 radical (unpaired) electrons. The fourth-order valence-corrected chi connectivity index (χ4v) is 2.46. The van der Waals surface area contributed by atoms with Crippen molar-refractivity contribution in [2.45, 2.75) is 24.5 Å². The molecule has 1 aromatic rings. The summed E-state index contributed by atoms with van der Waals surface area (Å²) in [5, 5.41) is 28.6. The van der Waals surface area contributed by atoms with Gasteiger partial charge < -0.3 is 15.3 Å². The number of aliphatic hydroxyl groups excluding tert-OH is 3. The van der Waals surface area contributed by atoms with E-state index in [0.717, 1.165) is 12.1 Å². The van der Waals surface area contributed by atoms with Gasteiger partial charge in [0.15, 0.2) is 0 Å². The first-order valence-corrected chi connectivity index (χ1v) is 6.45. The van der Waals surface area contributed by atoms with E-state index in [1.165, 1.54) is 0 Å². The number of rotatable bonds is 4. The number of piperidine rings is 1. The van der Waals surface area contributed by atoms with Crippen LogP contribution in [0.2, 0.25) is 0 Å². The summed E-state index contributed by atoms with van der Waals surface area (Å²) in [5.41, 5.74) is 1.11. The van der Waals surface area contributed by atoms with E-state index >= 15 is 0 Å². The Morgan fingerprint density at radius 3 is 2.50 bits per heavy atom. The monoisotopic (exact) mass is 251 g/mol. The van der Waals surface area contributed by atoms with Crippen molar-refractivity contribution in [3.63, 3.8) is 0 Å². The van der Waals surface area contributed by atoms with Crippen LogP contribution in [0.1, 0.15) is 17.9 Å². The van der Waals surface area contributed by atoms with Crippen LogP contribution in [0, 0.1) is 0 Å². The van der Waals surface area contributed by atoms with E-state index in [4.69, 9.17) is 0 Å². The second-order valence-corrected chi connectivity index (χ2v) is 4.97. The number of hydrogen-bond acceptors (Lipinski definition) is 4. The van der Waals surface area contributed by atoms with Crippen LogP contribution in [0.15, 0.2) is 30.3 Å². The second kappa shape index (κ2) is 6.29. The third-order valence-corrected chi connectivity index (χ3v) is 3.60. The Hall–Kier alpha value is -0.940. The highest BCUT2D eigenvalue weighted by molar-refractivity contribution is 5.20. The Morgan fingerprint density at radius 2 is 1.89 bits per heavy atom. The van der Waals surface area contributed by atoms with Crippen LogP contribution in [0.4, 0.5) is 0 Å². The summed E-state index contributed by atoms with van der Waals surface area (Å²) in [4.78, 5) is 2.10. The lowest BCUT2D eigenvalue weighted by atomic mass is 9.97. The van der Waals surface area contributed by atoms with Crippen molar-refractivity contribution in [1.29, 1.82) is 0 Å². The van der Waals surface area contributed by atoms with Gasteiger partial charge in [-0.15, -0.1) is 0 Å². The molecule has 1 aromatic carbocycles. The first-order valence-electron chi connectivity index (χ1n) is 6.45. The summed E-state index contributed by atoms with van der Waals surface area (Å²) in [7, 11) is 0. The van der Waals surface area contributed by atoms with Gasteiger partial charge in [0.2, 0.25) is 0 Å². The van der Waals surface area contributed by atoms with Gasteiger partial charge in [0, 0.05) is 25.6 Å². The number of hydrogen-bond donors (Lipinski definition) is 3. The van der Waals surface area contributed by atoms with Crippen molar-refractivity contribution >= 4 is 0 Å². The summed E-state index contributed by atoms with van der Waals surface area (Å²) in [6, 6.07) is 9.91. The molecular weight excluding hydrogens is 230 g/mol. The highest BCUT2D eigenvalue weighted by atomic mass is 16.3. The zero-order valence-electron chi connectivity index (χ0n) is 10.4. The lowest BCUT2D eigenvalue weighted by Gasteiger charge is -2.35. The molecule has 0 amide bonds. The molecule has 100 valence electrons. The average molecular weight is 251 g/mol. The van der Waals surface area contributed by atoms with Gasteiger partial charge in [0.05, 0.1) is 18.8 Å². The molecule has 0 spiro atoms. The standard InChI is InChI=1S/C14H21NO3/c16-10-12(11-4-2-1-3-5-11)8-15-7-6-13(17)14(18)9-15/h1-5,12-14,16-18H,6-10H2. The summed E-state index contributed by atoms with van der Waals surface area (Å²) >= 11 is 0. The molecule has 4 heteroatoms. The van der Waals surface area contributed by atoms with Crippen molar-refractivity contribution < 1.29 is 15.3 Å². The predicted molar refractivity (Wildman–Crippen MR) is 69.3 cm³/mol. The Morgan fingerprint density at radius 1 is 1.17 bits per heavy atom. The summed E-state index contributed by atoms with van der Waals surface area (Å²) in [6.07, 6.45) is -0.687. The Labute approximate surface area is 107 Å². The van der Waals surface area contributed by atoms with Gasteiger partial charge in [0.25, 0.3) is 0 Å². The largest absolute Gasteiger partial charge is 0.396 e. The third kappa shape index (κ3) is 3.29. The van der Waals surface area contributed by atoms with Crippen molar-refractivity contribution in [2.75, 3.05) is 26.2 Å². The van der Waals surface area contributed by atoms with Gasteiger partial charge >= 0.3 is 0 Å². The highest BCUT2D eigenvalue weighted by Crippen LogP contribution is 2.19. The van der Waals surface area contributed by atoms with Gasteiger partial charge in [-0.2, -0.15) is 0 Å². The van der Waals surface area contributed by atoms with Crippen molar-refractivity contribution in [2.24, 2.45) is 0 Å². The molecule has 3 N–H and O–H groups in total. The number of β-amino-alcohol motifs (C(OH)–C–C–N with tert-alkyl or cyclic N) is 1. The molecule has 1 heterocycles. The normalized spacial score (nSPS) is 27.1. The first-order chi connectivity index (χ1) is 8.70. The van der Waals surface area contributed by atoms with Gasteiger partial charge in [-0.25, -0.2) is 0 Å². The molecule has 0 bridgehead atoms. The zero-order valence-corrected chi connectivity index (χ0v) is 10.4. The van der Waals surface area contributed by atoms with Crippen LogP contribution in [0.5, 0.6) is 0 Å². The molecular formula is C14H21NO3. The fraction of sp³-hybridized carbons (Fsp3) is 0.571. The summed E-state index contributed by atoms with van der Waals surface area (Å²) < 4.78 is 0. The summed E-state index contributed by atoms with van der Waals surface area (Å²) in [6.45, 7) is 2.05. The van der Waals surface area contributed by atoms with E-state index < -0.39 is 12.2 Å². The first kappa shape index (κ1) is 13.5. The van der Waals surface area contributed by atoms with Crippen LogP contribution in [-0.2, 0) is 0 Å². The topological polar surface area (TPSA) is 63.9 Å². The van der Waals surface area contributed by atoms with Crippen molar-refractivity contribution in [3.05, 3.63) is 35.9 Å². The molecule has 4 nitrogen and oxygen atoms in total. The second-order valence-electron chi connectivity index (χ2n) is 4.97. The number of nitrogens with zero attached hydrogens (tertiary/aromatic N) is 1. The van der Waals surface area contributed by atoms with Crippen LogP contribution in [-0.4, -0.2) is 58.7 Å². The summed E-state index contributed by atoms with van der Waals surface area (Å²) in [5.74, 6) is 0.0636. The average Bonchev–Trinajstić information content (AvgIpc) is 2.41. The van der Waals surface area contributed by atoms with Gasteiger partial charge in [0.1, 0.15) is 0 Å². The van der Waals surface area contributed by atoms with E-state index in [1.54, 1.807) is 0 Å². The molecule has 0 aliphatic carbocycles. The molecule has 2 rings (SSSR count). The molecule has 0 saturated carbocycles. The molecule has 3 atom stereocenters. The third-order valence-electron chi connectivity index (χ3n) is 3.60. The number of aliphatic hydroxyl groups is 3. The van der Waals surface area contributed by atoms with Crippen LogP contribution >= 0.6 is 0 Å². The maximum Gasteiger partial charge on any atom is 0.0926 e. The smallest absolute Gasteiger partial charge is 0.0926 e. The van der Waals surface area contributed by atoms with E-state index in [0.29, 0.717) is 19.5 Å². The van der Waals surface area contributed by atoms with Crippen LogP contribution < -0.4 is 0 Å². The quantitative estimate of drug-likeness (QED) is 0.715. The van der Waals surface area contributed by atoms with Crippen molar-refractivity contribution in [1.82, 2.24) is 4.90 Å². The maximum atomic E-state index is 9.65. The maximum absolute atomic E-state index is 9.65. The lowest BCUT2D eigenvalue weighted by molar-refractivity contribution is -0.0405. The Kier molecular flexibility index (Phi) is 4.72. The molecule has 18 heavy (non-hydrogen) atoms. The lowest BCUT2D eigenvalue weighted by Crippen LogP contribution is -2.48. The Balaban J connectivity index is 1.95. The minimum atomic E-state index is -0.672. The highest BCUT2D eigenvalue weighted by Gasteiger charge is 2.27. The SMILES string of the molecule is OCC(CN1CCC(O)C(O)C1)c1ccccc1. The minimum absolute atomic E-state index is 0.0636. The van der Waals surface area contributed by atoms with E-state index in [1.807, 2.05) is 30.3 Å². The van der Waals surface area contributed by atoms with Crippen LogP contribution in [0.3, 0.4) is 0 Å². The zero-order chi connectivity index (χ0) is 13.0. The minimum Gasteiger partial charge on any atom is -0.396 e. The molecule has 1 saturated heterocycles. The van der Waals surface area contributed by atoms with Crippen molar-refractivity contribution in [3.8, 4) is 0 Å². The molecule has 1 aliphatic heterocycles. The number of likely N-dealkylation sites (tertiary alicyclic amines) is 1. The predicted octanol–water partition coefficient (Wildman–Crippen LogP) is 0.190. The van der Waals surface area contributed by atoms with E-state index in [-0.39, 0.29) is 12.5 Å². The van der Waals surface area contributed by atoms with Gasteiger partial charge in [-0.3, -0.25) is 4.90 Å². The molecule has 3 unspecified atom stereocenters. The van der Waals surface area contributed by atoms with Gasteiger partial charge in [-0.1, -0.05) is 30.3 Å². The molecule has 0 aromatic heterocycles. The number of benzene rings is 1. The van der Waals surface area contributed by atoms with Crippen LogP contribution in [0.25, 0.3) is 0 Å². The fourth-order valence-electron chi connectivity index (χ4n) is 2.46. The molecule has 1 fully saturated rings.